The van der Waals surface area contributed by atoms with Crippen molar-refractivity contribution in [3.8, 4) is 11.5 Å². The normalized spacial score (nSPS) is 15.8. The highest BCUT2D eigenvalue weighted by Crippen LogP contribution is 2.51. The third-order valence-corrected chi connectivity index (χ3v) is 8.69. The lowest BCUT2D eigenvalue weighted by Crippen LogP contribution is -2.42. The minimum atomic E-state index is -0.480. The summed E-state index contributed by atoms with van der Waals surface area (Å²) in [4.78, 5) is 13.2. The maximum atomic E-state index is 13.2. The van der Waals surface area contributed by atoms with Crippen molar-refractivity contribution in [1.29, 1.82) is 0 Å². The molecule has 4 heteroatoms. The Bertz CT molecular complexity index is 1130. The number of hydrogen-bond donors (Lipinski definition) is 2. The van der Waals surface area contributed by atoms with Crippen molar-refractivity contribution in [2.75, 3.05) is 0 Å². The number of para-hydroxylation sites is 2. The molecule has 0 aliphatic heterocycles. The van der Waals surface area contributed by atoms with E-state index in [-0.39, 0.29) is 23.0 Å². The van der Waals surface area contributed by atoms with Crippen LogP contribution in [0.5, 0.6) is 11.5 Å². The maximum absolute atomic E-state index is 13.2. The highest BCUT2D eigenvalue weighted by molar-refractivity contribution is 5.72. The number of carbonyl (C=O) groups excluding carboxylic acids is 1. The minimum absolute atomic E-state index is 0.0590. The monoisotopic (exact) mass is 521 g/mol. The van der Waals surface area contributed by atoms with Crippen molar-refractivity contribution in [2.45, 2.75) is 130 Å². The van der Waals surface area contributed by atoms with Gasteiger partial charge in [-0.25, -0.2) is 4.79 Å². The molecule has 0 saturated heterocycles. The van der Waals surface area contributed by atoms with Gasteiger partial charge in [0, 0.05) is 33.6 Å². The summed E-state index contributed by atoms with van der Waals surface area (Å²) in [5.74, 6) is 1.00. The molecule has 1 fully saturated rings. The second-order valence-corrected chi connectivity index (χ2v) is 14.6. The molecule has 0 bridgehead atoms. The third-order valence-electron chi connectivity index (χ3n) is 8.69. The first kappa shape index (κ1) is 30.1. The van der Waals surface area contributed by atoms with Crippen molar-refractivity contribution in [2.24, 2.45) is 5.41 Å². The maximum Gasteiger partial charge on any atom is 0.412 e. The molecule has 1 amide bonds. The Balaban J connectivity index is 2.08. The van der Waals surface area contributed by atoms with Crippen molar-refractivity contribution < 1.29 is 14.6 Å². The van der Waals surface area contributed by atoms with E-state index in [1.807, 2.05) is 12.1 Å². The van der Waals surface area contributed by atoms with Gasteiger partial charge in [-0.15, -0.1) is 0 Å². The molecule has 210 valence electrons. The van der Waals surface area contributed by atoms with Gasteiger partial charge in [0.05, 0.1) is 0 Å². The Hall–Kier alpha value is -2.49. The predicted molar refractivity (Wildman–Crippen MR) is 158 cm³/mol. The summed E-state index contributed by atoms with van der Waals surface area (Å²) in [5, 5.41) is 14.6. The van der Waals surface area contributed by atoms with Crippen molar-refractivity contribution in [1.82, 2.24) is 5.32 Å². The summed E-state index contributed by atoms with van der Waals surface area (Å²) in [6.45, 7) is 21.8. The Morgan fingerprint density at radius 2 is 1.34 bits per heavy atom. The zero-order chi connectivity index (χ0) is 28.5. The van der Waals surface area contributed by atoms with Gasteiger partial charge in [-0.3, -0.25) is 0 Å². The van der Waals surface area contributed by atoms with Crippen LogP contribution in [0, 0.1) is 5.41 Å². The van der Waals surface area contributed by atoms with Crippen LogP contribution in [-0.4, -0.2) is 17.2 Å². The van der Waals surface area contributed by atoms with Gasteiger partial charge in [-0.2, -0.15) is 0 Å². The van der Waals surface area contributed by atoms with Crippen LogP contribution >= 0.6 is 0 Å². The van der Waals surface area contributed by atoms with E-state index >= 15 is 0 Å². The zero-order valence-electron chi connectivity index (χ0n) is 25.5. The average Bonchev–Trinajstić information content (AvgIpc) is 2.79. The van der Waals surface area contributed by atoms with E-state index in [2.05, 4.69) is 98.8 Å². The molecule has 0 unspecified atom stereocenters. The van der Waals surface area contributed by atoms with Gasteiger partial charge >= 0.3 is 6.09 Å². The third kappa shape index (κ3) is 6.55. The molecular weight excluding hydrogens is 470 g/mol. The summed E-state index contributed by atoms with van der Waals surface area (Å²) >= 11 is 0. The molecule has 3 rings (SSSR count). The van der Waals surface area contributed by atoms with Crippen LogP contribution in [-0.2, 0) is 22.7 Å². The fourth-order valence-electron chi connectivity index (χ4n) is 5.75. The molecule has 1 aliphatic rings. The van der Waals surface area contributed by atoms with Gasteiger partial charge in [0.25, 0.3) is 0 Å². The number of benzene rings is 2. The van der Waals surface area contributed by atoms with Crippen LogP contribution < -0.4 is 10.1 Å². The number of aromatic hydroxyl groups is 1. The average molecular weight is 522 g/mol. The predicted octanol–water partition coefficient (Wildman–Crippen LogP) is 8.95. The molecule has 2 N–H and O–H groups in total. The van der Waals surface area contributed by atoms with Gasteiger partial charge in [0.1, 0.15) is 11.5 Å². The first-order valence-corrected chi connectivity index (χ1v) is 14.4. The van der Waals surface area contributed by atoms with Crippen molar-refractivity contribution >= 4 is 6.09 Å². The largest absolute Gasteiger partial charge is 0.507 e. The first-order valence-electron chi connectivity index (χ1n) is 14.4. The standard InChI is InChI=1S/C34H51NO3/c1-31(2,3)22-23-16-14-19-25(28(23)36)33(7,8)34(9,10)27-21-15-20-26(32(4,5)6)29(27)38-30(37)35-24-17-12-11-13-18-24/h14-16,19-21,24,36H,11-13,17-18,22H2,1-10H3,(H,35,37). The second-order valence-electron chi connectivity index (χ2n) is 14.6. The van der Waals surface area contributed by atoms with E-state index < -0.39 is 10.8 Å². The summed E-state index contributed by atoms with van der Waals surface area (Å²) in [5.41, 5.74) is 2.73. The van der Waals surface area contributed by atoms with Gasteiger partial charge in [0.15, 0.2) is 0 Å². The summed E-state index contributed by atoms with van der Waals surface area (Å²) < 4.78 is 6.23. The van der Waals surface area contributed by atoms with Gasteiger partial charge in [-0.05, 0) is 35.7 Å². The highest BCUT2D eigenvalue weighted by atomic mass is 16.6. The molecule has 2 aromatic carbocycles. The number of phenolic OH excluding ortho intramolecular Hbond substituents is 1. The van der Waals surface area contributed by atoms with Crippen LogP contribution in [0.15, 0.2) is 36.4 Å². The molecule has 38 heavy (non-hydrogen) atoms. The highest BCUT2D eigenvalue weighted by Gasteiger charge is 2.44. The Labute approximate surface area is 231 Å². The number of rotatable bonds is 6. The molecule has 0 spiro atoms. The van der Waals surface area contributed by atoms with Gasteiger partial charge in [-0.1, -0.05) is 125 Å². The van der Waals surface area contributed by atoms with E-state index in [0.717, 1.165) is 54.4 Å². The quantitative estimate of drug-likeness (QED) is 0.399. The summed E-state index contributed by atoms with van der Waals surface area (Å²) in [6, 6.07) is 12.5. The molecule has 0 atom stereocenters. The van der Waals surface area contributed by atoms with E-state index in [9.17, 15) is 9.90 Å². The number of hydrogen-bond acceptors (Lipinski definition) is 3. The SMILES string of the molecule is CC(C)(C)Cc1cccc(C(C)(C)C(C)(C)c2cccc(C(C)(C)C)c2OC(=O)NC2CCCCC2)c1O. The molecule has 4 nitrogen and oxygen atoms in total. The molecule has 2 aromatic rings. The minimum Gasteiger partial charge on any atom is -0.507 e. The van der Waals surface area contributed by atoms with Crippen LogP contribution in [0.3, 0.4) is 0 Å². The smallest absolute Gasteiger partial charge is 0.412 e. The lowest BCUT2D eigenvalue weighted by Gasteiger charge is -2.44. The molecular formula is C34H51NO3. The molecule has 1 saturated carbocycles. The zero-order valence-corrected chi connectivity index (χ0v) is 25.5. The van der Waals surface area contributed by atoms with E-state index in [4.69, 9.17) is 4.74 Å². The number of carbonyl (C=O) groups is 1. The second kappa shape index (κ2) is 10.9. The van der Waals surface area contributed by atoms with Crippen molar-refractivity contribution in [3.05, 3.63) is 58.7 Å². The summed E-state index contributed by atoms with van der Waals surface area (Å²) in [7, 11) is 0. The Morgan fingerprint density at radius 3 is 1.92 bits per heavy atom. The van der Waals surface area contributed by atoms with Crippen LogP contribution in [0.4, 0.5) is 4.79 Å². The lowest BCUT2D eigenvalue weighted by atomic mass is 9.60. The van der Waals surface area contributed by atoms with Gasteiger partial charge < -0.3 is 15.2 Å². The van der Waals surface area contributed by atoms with Gasteiger partial charge in [0.2, 0.25) is 0 Å². The number of amides is 1. The fraction of sp³-hybridized carbons (Fsp3) is 0.618. The lowest BCUT2D eigenvalue weighted by molar-refractivity contribution is 0.188. The van der Waals surface area contributed by atoms with E-state index in [0.29, 0.717) is 11.5 Å². The number of ether oxygens (including phenoxy) is 1. The topological polar surface area (TPSA) is 58.6 Å². The molecule has 1 aliphatic carbocycles. The first-order chi connectivity index (χ1) is 17.4. The van der Waals surface area contributed by atoms with Crippen LogP contribution in [0.25, 0.3) is 0 Å². The van der Waals surface area contributed by atoms with Crippen LogP contribution in [0.2, 0.25) is 0 Å². The van der Waals surface area contributed by atoms with Crippen LogP contribution in [0.1, 0.15) is 124 Å². The summed E-state index contributed by atoms with van der Waals surface area (Å²) in [6.07, 6.45) is 5.95. The number of phenols is 1. The van der Waals surface area contributed by atoms with Crippen molar-refractivity contribution in [3.63, 3.8) is 0 Å². The van der Waals surface area contributed by atoms with E-state index in [1.54, 1.807) is 0 Å². The number of nitrogens with one attached hydrogen (secondary N) is 1. The molecule has 0 radical (unpaired) electrons. The Kier molecular flexibility index (Phi) is 8.66. The van der Waals surface area contributed by atoms with E-state index in [1.165, 1.54) is 6.42 Å². The Morgan fingerprint density at radius 1 is 0.816 bits per heavy atom. The molecule has 0 aromatic heterocycles. The molecule has 0 heterocycles. The fourth-order valence-corrected chi connectivity index (χ4v) is 5.75.